The number of amides is 2. The quantitative estimate of drug-likeness (QED) is 0.703. The third-order valence-corrected chi connectivity index (χ3v) is 5.14. The number of aromatic nitrogens is 1. The fraction of sp³-hybridized carbons (Fsp3) is 0.381. The van der Waals surface area contributed by atoms with Crippen molar-refractivity contribution in [1.82, 2.24) is 15.2 Å². The average Bonchev–Trinajstić information content (AvgIpc) is 2.76. The van der Waals surface area contributed by atoms with Crippen LogP contribution in [0.3, 0.4) is 0 Å². The Morgan fingerprint density at radius 3 is 2.62 bits per heavy atom. The molecule has 2 heterocycles. The van der Waals surface area contributed by atoms with E-state index < -0.39 is 0 Å². The molecule has 1 fully saturated rings. The molecule has 2 aromatic rings. The molecule has 2 N–H and O–H groups in total. The zero-order chi connectivity index (χ0) is 20.6. The van der Waals surface area contributed by atoms with Gasteiger partial charge in [0.15, 0.2) is 0 Å². The number of carbonyl (C=O) groups excluding carboxylic acids is 2. The van der Waals surface area contributed by atoms with E-state index in [0.717, 1.165) is 18.4 Å². The van der Waals surface area contributed by atoms with Crippen LogP contribution in [-0.4, -0.2) is 48.6 Å². The summed E-state index contributed by atoms with van der Waals surface area (Å²) in [5.41, 5.74) is 1.44. The van der Waals surface area contributed by atoms with Gasteiger partial charge in [-0.1, -0.05) is 41.9 Å². The first-order chi connectivity index (χ1) is 14.0. The number of halogens is 1. The van der Waals surface area contributed by atoms with Crippen molar-refractivity contribution < 1.29 is 14.3 Å². The van der Waals surface area contributed by atoms with Gasteiger partial charge in [0.2, 0.25) is 0 Å². The number of hydrogen-bond acceptors (Lipinski definition) is 5. The minimum Gasteiger partial charge on any atom is -0.445 e. The summed E-state index contributed by atoms with van der Waals surface area (Å²) in [6.07, 6.45) is 1.35. The summed E-state index contributed by atoms with van der Waals surface area (Å²) in [5, 5.41) is 6.10. The zero-order valence-corrected chi connectivity index (χ0v) is 17.1. The summed E-state index contributed by atoms with van der Waals surface area (Å²) in [5.74, 6) is 0.679. The van der Waals surface area contributed by atoms with Crippen LogP contribution in [-0.2, 0) is 11.3 Å². The third kappa shape index (κ3) is 6.09. The summed E-state index contributed by atoms with van der Waals surface area (Å²) in [7, 11) is 1.72. The van der Waals surface area contributed by atoms with Crippen LogP contribution in [0.5, 0.6) is 0 Å². The highest BCUT2D eigenvalue weighted by molar-refractivity contribution is 6.29. The number of nitrogens with one attached hydrogen (secondary N) is 2. The lowest BCUT2D eigenvalue weighted by molar-refractivity contribution is 0.0801. The highest BCUT2D eigenvalue weighted by Gasteiger charge is 2.24. The van der Waals surface area contributed by atoms with Crippen molar-refractivity contribution in [3.05, 3.63) is 58.7 Å². The lowest BCUT2D eigenvalue weighted by Crippen LogP contribution is -2.41. The molecule has 1 aliphatic heterocycles. The van der Waals surface area contributed by atoms with Gasteiger partial charge in [-0.25, -0.2) is 9.78 Å². The molecule has 0 atom stereocenters. The number of rotatable bonds is 6. The second-order valence-electron chi connectivity index (χ2n) is 6.99. The molecule has 0 bridgehead atoms. The molecule has 0 aliphatic carbocycles. The molecule has 8 heteroatoms. The largest absolute Gasteiger partial charge is 0.445 e. The van der Waals surface area contributed by atoms with E-state index in [4.69, 9.17) is 16.3 Å². The normalized spacial score (nSPS) is 14.3. The van der Waals surface area contributed by atoms with Crippen molar-refractivity contribution in [3.63, 3.8) is 0 Å². The molecule has 7 nitrogen and oxygen atoms in total. The van der Waals surface area contributed by atoms with Gasteiger partial charge in [0, 0.05) is 32.2 Å². The summed E-state index contributed by atoms with van der Waals surface area (Å²) in [4.78, 5) is 30.4. The molecule has 3 rings (SSSR count). The van der Waals surface area contributed by atoms with Crippen LogP contribution >= 0.6 is 11.6 Å². The molecule has 1 aromatic carbocycles. The molecule has 0 saturated carbocycles. The number of nitrogens with zero attached hydrogens (tertiary/aromatic N) is 2. The SMILES string of the molecule is CNc1cc(C(=O)NCC2CCN(C(=O)OCc3ccccc3)CC2)cc(Cl)n1. The Bertz CT molecular complexity index is 839. The molecule has 29 heavy (non-hydrogen) atoms. The number of piperidine rings is 1. The van der Waals surface area contributed by atoms with Gasteiger partial charge in [0.05, 0.1) is 0 Å². The number of likely N-dealkylation sites (tertiary alicyclic amines) is 1. The molecule has 1 saturated heterocycles. The number of benzene rings is 1. The Labute approximate surface area is 175 Å². The molecule has 0 unspecified atom stereocenters. The van der Waals surface area contributed by atoms with Gasteiger partial charge in [-0.3, -0.25) is 4.79 Å². The number of pyridine rings is 1. The Morgan fingerprint density at radius 2 is 1.93 bits per heavy atom. The van der Waals surface area contributed by atoms with Gasteiger partial charge >= 0.3 is 6.09 Å². The maximum atomic E-state index is 12.4. The molecule has 1 aliphatic rings. The molecular formula is C21H25ClN4O3. The molecule has 1 aromatic heterocycles. The van der Waals surface area contributed by atoms with Crippen LogP contribution in [0.1, 0.15) is 28.8 Å². The summed E-state index contributed by atoms with van der Waals surface area (Å²) in [6.45, 7) is 2.08. The first-order valence-corrected chi connectivity index (χ1v) is 10.0. The molecule has 0 spiro atoms. The standard InChI is InChI=1S/C21H25ClN4O3/c1-23-19-12-17(11-18(22)25-19)20(27)24-13-15-7-9-26(10-8-15)21(28)29-14-16-5-3-2-4-6-16/h2-6,11-12,15H,7-10,13-14H2,1H3,(H,23,25)(H,24,27). The first-order valence-electron chi connectivity index (χ1n) is 9.64. The van der Waals surface area contributed by atoms with E-state index in [2.05, 4.69) is 15.6 Å². The van der Waals surface area contributed by atoms with E-state index in [0.29, 0.717) is 36.9 Å². The molecule has 0 radical (unpaired) electrons. The predicted octanol–water partition coefficient (Wildman–Crippen LogP) is 3.56. The minimum absolute atomic E-state index is 0.185. The van der Waals surface area contributed by atoms with E-state index in [1.807, 2.05) is 30.3 Å². The van der Waals surface area contributed by atoms with E-state index in [1.165, 1.54) is 0 Å². The van der Waals surface area contributed by atoms with E-state index >= 15 is 0 Å². The van der Waals surface area contributed by atoms with Gasteiger partial charge in [-0.2, -0.15) is 0 Å². The maximum Gasteiger partial charge on any atom is 0.410 e. The monoisotopic (exact) mass is 416 g/mol. The average molecular weight is 417 g/mol. The molecule has 154 valence electrons. The van der Waals surface area contributed by atoms with Crippen molar-refractivity contribution in [2.45, 2.75) is 19.4 Å². The summed E-state index contributed by atoms with van der Waals surface area (Å²) in [6, 6.07) is 12.8. The van der Waals surface area contributed by atoms with Gasteiger partial charge < -0.3 is 20.3 Å². The fourth-order valence-corrected chi connectivity index (χ4v) is 3.43. The lowest BCUT2D eigenvalue weighted by Gasteiger charge is -2.31. The van der Waals surface area contributed by atoms with E-state index in [1.54, 1.807) is 24.1 Å². The Hall–Kier alpha value is -2.80. The molecular weight excluding hydrogens is 392 g/mol. The third-order valence-electron chi connectivity index (χ3n) is 4.94. The second-order valence-corrected chi connectivity index (χ2v) is 7.38. The first kappa shape index (κ1) is 20.9. The number of anilines is 1. The maximum absolute atomic E-state index is 12.4. The molecule has 2 amide bonds. The number of carbonyl (C=O) groups is 2. The van der Waals surface area contributed by atoms with Crippen LogP contribution in [0.15, 0.2) is 42.5 Å². The van der Waals surface area contributed by atoms with Crippen molar-refractivity contribution in [2.75, 3.05) is 32.0 Å². The van der Waals surface area contributed by atoms with Crippen LogP contribution in [0, 0.1) is 5.92 Å². The van der Waals surface area contributed by atoms with Gasteiger partial charge in [0.25, 0.3) is 5.91 Å². The Balaban J connectivity index is 1.41. The van der Waals surface area contributed by atoms with Crippen LogP contribution in [0.25, 0.3) is 0 Å². The second kappa shape index (κ2) is 10.1. The highest BCUT2D eigenvalue weighted by atomic mass is 35.5. The van der Waals surface area contributed by atoms with Crippen molar-refractivity contribution >= 4 is 29.4 Å². The van der Waals surface area contributed by atoms with Gasteiger partial charge in [-0.05, 0) is 36.5 Å². The number of hydrogen-bond donors (Lipinski definition) is 2. The van der Waals surface area contributed by atoms with Crippen molar-refractivity contribution in [3.8, 4) is 0 Å². The summed E-state index contributed by atoms with van der Waals surface area (Å²) < 4.78 is 5.38. The topological polar surface area (TPSA) is 83.6 Å². The van der Waals surface area contributed by atoms with Crippen LogP contribution in [0.2, 0.25) is 5.15 Å². The van der Waals surface area contributed by atoms with Gasteiger partial charge in [0.1, 0.15) is 17.6 Å². The fourth-order valence-electron chi connectivity index (χ4n) is 3.23. The smallest absolute Gasteiger partial charge is 0.410 e. The number of ether oxygens (including phenoxy) is 1. The zero-order valence-electron chi connectivity index (χ0n) is 16.4. The lowest BCUT2D eigenvalue weighted by atomic mass is 9.97. The summed E-state index contributed by atoms with van der Waals surface area (Å²) >= 11 is 5.95. The Kier molecular flexibility index (Phi) is 7.30. The van der Waals surface area contributed by atoms with Crippen LogP contribution in [0.4, 0.5) is 10.6 Å². The van der Waals surface area contributed by atoms with Crippen LogP contribution < -0.4 is 10.6 Å². The Morgan fingerprint density at radius 1 is 1.21 bits per heavy atom. The van der Waals surface area contributed by atoms with E-state index in [-0.39, 0.29) is 23.8 Å². The minimum atomic E-state index is -0.289. The van der Waals surface area contributed by atoms with E-state index in [9.17, 15) is 9.59 Å². The predicted molar refractivity (Wildman–Crippen MR) is 112 cm³/mol. The van der Waals surface area contributed by atoms with Gasteiger partial charge in [-0.15, -0.1) is 0 Å². The van der Waals surface area contributed by atoms with Crippen molar-refractivity contribution in [1.29, 1.82) is 0 Å². The highest BCUT2D eigenvalue weighted by Crippen LogP contribution is 2.18. The van der Waals surface area contributed by atoms with Crippen molar-refractivity contribution in [2.24, 2.45) is 5.92 Å².